The maximum absolute atomic E-state index is 9.94. The third-order valence-corrected chi connectivity index (χ3v) is 2.53. The Bertz CT molecular complexity index is 291. The van der Waals surface area contributed by atoms with Crippen LogP contribution in [0.3, 0.4) is 0 Å². The summed E-state index contributed by atoms with van der Waals surface area (Å²) in [4.78, 5) is 9.94. The highest BCUT2D eigenvalue weighted by molar-refractivity contribution is 9.11. The van der Waals surface area contributed by atoms with Crippen LogP contribution >= 0.6 is 31.9 Å². The number of benzene rings is 1. The van der Waals surface area contributed by atoms with Crippen molar-refractivity contribution < 1.29 is 5.11 Å². The average Bonchev–Trinajstić information content (AvgIpc) is 2.01. The van der Waals surface area contributed by atoms with E-state index in [0.717, 1.165) is 5.56 Å². The van der Waals surface area contributed by atoms with Crippen molar-refractivity contribution in [1.82, 2.24) is 0 Å². The van der Waals surface area contributed by atoms with Gasteiger partial charge in [0.15, 0.2) is 0 Å². The summed E-state index contributed by atoms with van der Waals surface area (Å²) in [5, 5.41) is 12.0. The van der Waals surface area contributed by atoms with Gasteiger partial charge in [-0.1, -0.05) is 5.18 Å². The molecule has 0 heterocycles. The molecule has 0 bridgehead atoms. The first-order chi connectivity index (χ1) is 5.65. The highest BCUT2D eigenvalue weighted by Crippen LogP contribution is 2.33. The molecule has 0 aliphatic rings. The van der Waals surface area contributed by atoms with Crippen LogP contribution in [0, 0.1) is 4.91 Å². The van der Waals surface area contributed by atoms with Crippen molar-refractivity contribution >= 4 is 31.9 Å². The molecular formula is C7H5Br2NO2. The van der Waals surface area contributed by atoms with E-state index in [1.54, 1.807) is 12.1 Å². The van der Waals surface area contributed by atoms with Crippen LogP contribution in [-0.4, -0.2) is 5.11 Å². The van der Waals surface area contributed by atoms with Crippen molar-refractivity contribution in [3.63, 3.8) is 0 Å². The minimum Gasteiger partial charge on any atom is -0.506 e. The molecule has 1 N–H and O–H groups in total. The van der Waals surface area contributed by atoms with Crippen molar-refractivity contribution in [1.29, 1.82) is 0 Å². The second-order valence-electron chi connectivity index (χ2n) is 2.20. The van der Waals surface area contributed by atoms with Gasteiger partial charge < -0.3 is 5.11 Å². The molecule has 0 saturated carbocycles. The van der Waals surface area contributed by atoms with E-state index in [4.69, 9.17) is 0 Å². The van der Waals surface area contributed by atoms with Crippen molar-refractivity contribution in [2.24, 2.45) is 5.18 Å². The van der Waals surface area contributed by atoms with Gasteiger partial charge in [-0.25, -0.2) is 0 Å². The predicted molar refractivity (Wildman–Crippen MR) is 53.0 cm³/mol. The Hall–Kier alpha value is -0.420. The van der Waals surface area contributed by atoms with Gasteiger partial charge in [0.05, 0.1) is 8.95 Å². The second kappa shape index (κ2) is 4.00. The minimum atomic E-state index is 0.109. The van der Waals surface area contributed by atoms with E-state index in [0.29, 0.717) is 8.95 Å². The van der Waals surface area contributed by atoms with Gasteiger partial charge in [-0.15, -0.1) is 0 Å². The maximum Gasteiger partial charge on any atom is 0.143 e. The topological polar surface area (TPSA) is 49.7 Å². The summed E-state index contributed by atoms with van der Waals surface area (Å²) >= 11 is 6.29. The van der Waals surface area contributed by atoms with Crippen LogP contribution in [0.5, 0.6) is 5.75 Å². The van der Waals surface area contributed by atoms with Crippen molar-refractivity contribution in [3.8, 4) is 5.75 Å². The van der Waals surface area contributed by atoms with Gasteiger partial charge in [0.25, 0.3) is 0 Å². The Morgan fingerprint density at radius 3 is 2.25 bits per heavy atom. The minimum absolute atomic E-state index is 0.109. The number of hydrogen-bond acceptors (Lipinski definition) is 3. The molecular weight excluding hydrogens is 290 g/mol. The first-order valence-corrected chi connectivity index (χ1v) is 4.69. The van der Waals surface area contributed by atoms with E-state index >= 15 is 0 Å². The lowest BCUT2D eigenvalue weighted by atomic mass is 10.2. The molecule has 1 rings (SSSR count). The largest absolute Gasteiger partial charge is 0.506 e. The summed E-state index contributed by atoms with van der Waals surface area (Å²) in [6.07, 6.45) is 0. The number of aromatic hydroxyl groups is 1. The van der Waals surface area contributed by atoms with E-state index < -0.39 is 0 Å². The molecule has 0 amide bonds. The highest BCUT2D eigenvalue weighted by Gasteiger charge is 2.05. The zero-order chi connectivity index (χ0) is 9.14. The van der Waals surface area contributed by atoms with Gasteiger partial charge in [-0.2, -0.15) is 4.91 Å². The van der Waals surface area contributed by atoms with Crippen LogP contribution in [0.15, 0.2) is 26.3 Å². The monoisotopic (exact) mass is 293 g/mol. The van der Waals surface area contributed by atoms with Gasteiger partial charge in [0.1, 0.15) is 12.3 Å². The van der Waals surface area contributed by atoms with Crippen LogP contribution in [-0.2, 0) is 6.54 Å². The van der Waals surface area contributed by atoms with Gasteiger partial charge >= 0.3 is 0 Å². The Kier molecular flexibility index (Phi) is 3.22. The molecule has 0 atom stereocenters. The fraction of sp³-hybridized carbons (Fsp3) is 0.143. The smallest absolute Gasteiger partial charge is 0.143 e. The number of rotatable bonds is 2. The molecule has 3 nitrogen and oxygen atoms in total. The van der Waals surface area contributed by atoms with Gasteiger partial charge in [-0.3, -0.25) is 0 Å². The van der Waals surface area contributed by atoms with E-state index in [1.165, 1.54) is 0 Å². The molecule has 5 heteroatoms. The molecule has 0 aromatic heterocycles. The summed E-state index contributed by atoms with van der Waals surface area (Å²) in [6, 6.07) is 3.31. The predicted octanol–water partition coefficient (Wildman–Crippen LogP) is 3.18. The standard InChI is InChI=1S/C7H5Br2NO2/c8-5-1-4(3-10-12)2-6(9)7(5)11/h1-2,11H,3H2. The molecule has 0 unspecified atom stereocenters. The summed E-state index contributed by atoms with van der Waals surface area (Å²) in [7, 11) is 0. The molecule has 0 radical (unpaired) electrons. The van der Waals surface area contributed by atoms with E-state index in [-0.39, 0.29) is 12.3 Å². The molecule has 1 aromatic carbocycles. The Morgan fingerprint density at radius 1 is 1.33 bits per heavy atom. The molecule has 0 saturated heterocycles. The number of phenolic OH excluding ortho intramolecular Hbond substituents is 1. The molecule has 0 aliphatic heterocycles. The number of hydrogen-bond donors (Lipinski definition) is 1. The Morgan fingerprint density at radius 2 is 1.83 bits per heavy atom. The number of nitrogens with zero attached hydrogens (tertiary/aromatic N) is 1. The summed E-state index contributed by atoms with van der Waals surface area (Å²) < 4.78 is 1.10. The van der Waals surface area contributed by atoms with Crippen molar-refractivity contribution in [2.75, 3.05) is 0 Å². The quantitative estimate of drug-likeness (QED) is 0.852. The second-order valence-corrected chi connectivity index (χ2v) is 3.90. The van der Waals surface area contributed by atoms with Crippen LogP contribution < -0.4 is 0 Å². The van der Waals surface area contributed by atoms with E-state index in [1.807, 2.05) is 0 Å². The summed E-state index contributed by atoms with van der Waals surface area (Å²) in [6.45, 7) is 0.109. The third-order valence-electron chi connectivity index (χ3n) is 1.32. The number of halogens is 2. The van der Waals surface area contributed by atoms with Crippen LogP contribution in [0.25, 0.3) is 0 Å². The number of nitroso groups, excluding NO2 is 1. The lowest BCUT2D eigenvalue weighted by Crippen LogP contribution is -1.82. The fourth-order valence-electron chi connectivity index (χ4n) is 0.784. The molecule has 0 fully saturated rings. The lowest BCUT2D eigenvalue weighted by molar-refractivity contribution is 0.468. The normalized spacial score (nSPS) is 9.83. The zero-order valence-corrected chi connectivity index (χ0v) is 9.09. The third kappa shape index (κ3) is 2.04. The SMILES string of the molecule is O=NCc1cc(Br)c(O)c(Br)c1. The Balaban J connectivity index is 3.11. The molecule has 0 spiro atoms. The zero-order valence-electron chi connectivity index (χ0n) is 5.92. The van der Waals surface area contributed by atoms with Gasteiger partial charge in [0, 0.05) is 0 Å². The summed E-state index contributed by atoms with van der Waals surface area (Å²) in [5.41, 5.74) is 0.751. The maximum atomic E-state index is 9.94. The van der Waals surface area contributed by atoms with Crippen LogP contribution in [0.4, 0.5) is 0 Å². The first kappa shape index (κ1) is 9.67. The summed E-state index contributed by atoms with van der Waals surface area (Å²) in [5.74, 6) is 0.129. The van der Waals surface area contributed by atoms with Gasteiger partial charge in [-0.05, 0) is 49.6 Å². The average molecular weight is 295 g/mol. The van der Waals surface area contributed by atoms with Crippen molar-refractivity contribution in [2.45, 2.75) is 6.54 Å². The van der Waals surface area contributed by atoms with Crippen molar-refractivity contribution in [3.05, 3.63) is 31.5 Å². The number of phenols is 1. The van der Waals surface area contributed by atoms with Crippen LogP contribution in [0.2, 0.25) is 0 Å². The van der Waals surface area contributed by atoms with E-state index in [2.05, 4.69) is 37.0 Å². The molecule has 64 valence electrons. The molecule has 0 aliphatic carbocycles. The highest BCUT2D eigenvalue weighted by atomic mass is 79.9. The van der Waals surface area contributed by atoms with E-state index in [9.17, 15) is 10.0 Å². The molecule has 1 aromatic rings. The lowest BCUT2D eigenvalue weighted by Gasteiger charge is -2.01. The van der Waals surface area contributed by atoms with Crippen LogP contribution in [0.1, 0.15) is 5.56 Å². The Labute approximate surface area is 86.0 Å². The molecule has 12 heavy (non-hydrogen) atoms. The first-order valence-electron chi connectivity index (χ1n) is 3.11. The fourth-order valence-corrected chi connectivity index (χ4v) is 2.07. The van der Waals surface area contributed by atoms with Gasteiger partial charge in [0.2, 0.25) is 0 Å².